The SMILES string of the molecule is COc1cc(NC(=O)c2ccnnc2)ccc1S(=O)(=O)Cl. The number of carbonyl (C=O) groups excluding carboxylic acids is 1. The van der Waals surface area contributed by atoms with Crippen LogP contribution in [0.25, 0.3) is 0 Å². The molecule has 110 valence electrons. The smallest absolute Gasteiger partial charge is 0.264 e. The molecule has 7 nitrogen and oxygen atoms in total. The molecule has 1 heterocycles. The number of halogens is 1. The van der Waals surface area contributed by atoms with Gasteiger partial charge in [-0.1, -0.05) is 0 Å². The minimum absolute atomic E-state index is 0.0376. The van der Waals surface area contributed by atoms with Crippen molar-refractivity contribution in [3.8, 4) is 5.75 Å². The molecule has 0 aliphatic heterocycles. The highest BCUT2D eigenvalue weighted by Crippen LogP contribution is 2.29. The summed E-state index contributed by atoms with van der Waals surface area (Å²) in [5.74, 6) is -0.371. The third-order valence-corrected chi connectivity index (χ3v) is 3.89. The van der Waals surface area contributed by atoms with Gasteiger partial charge in [0.25, 0.3) is 15.0 Å². The van der Waals surface area contributed by atoms with Gasteiger partial charge in [-0.3, -0.25) is 4.79 Å². The summed E-state index contributed by atoms with van der Waals surface area (Å²) in [6.07, 6.45) is 2.70. The number of ether oxygens (including phenoxy) is 1. The monoisotopic (exact) mass is 327 g/mol. The second-order valence-corrected chi connectivity index (χ2v) is 6.42. The van der Waals surface area contributed by atoms with Gasteiger partial charge in [-0.2, -0.15) is 10.2 Å². The van der Waals surface area contributed by atoms with E-state index in [2.05, 4.69) is 15.5 Å². The normalized spacial score (nSPS) is 11.0. The molecule has 9 heteroatoms. The van der Waals surface area contributed by atoms with E-state index in [0.29, 0.717) is 11.3 Å². The van der Waals surface area contributed by atoms with E-state index in [9.17, 15) is 13.2 Å². The molecule has 1 amide bonds. The van der Waals surface area contributed by atoms with Gasteiger partial charge >= 0.3 is 0 Å². The van der Waals surface area contributed by atoms with Crippen LogP contribution in [0.1, 0.15) is 10.4 Å². The molecule has 0 saturated heterocycles. The first kappa shape index (κ1) is 15.2. The molecule has 2 rings (SSSR count). The summed E-state index contributed by atoms with van der Waals surface area (Å²) >= 11 is 0. The number of rotatable bonds is 4. The van der Waals surface area contributed by atoms with Crippen LogP contribution in [-0.2, 0) is 9.05 Å². The van der Waals surface area contributed by atoms with E-state index in [0.717, 1.165) is 0 Å². The van der Waals surface area contributed by atoms with Crippen molar-refractivity contribution >= 4 is 31.3 Å². The van der Waals surface area contributed by atoms with Gasteiger partial charge in [-0.25, -0.2) is 8.42 Å². The third kappa shape index (κ3) is 3.67. The minimum atomic E-state index is -3.93. The Morgan fingerprint density at radius 1 is 1.29 bits per heavy atom. The van der Waals surface area contributed by atoms with Crippen molar-refractivity contribution in [1.82, 2.24) is 10.2 Å². The van der Waals surface area contributed by atoms with Crippen LogP contribution in [0.15, 0.2) is 41.6 Å². The van der Waals surface area contributed by atoms with Gasteiger partial charge in [0.1, 0.15) is 10.6 Å². The standard InChI is InChI=1S/C12H10ClN3O4S/c1-20-10-6-9(2-3-11(10)21(13,18)19)16-12(17)8-4-5-14-15-7-8/h2-7H,1H3,(H,16,17). The van der Waals surface area contributed by atoms with Gasteiger partial charge in [0.15, 0.2) is 0 Å². The van der Waals surface area contributed by atoms with E-state index in [-0.39, 0.29) is 10.6 Å². The van der Waals surface area contributed by atoms with Crippen molar-refractivity contribution in [2.24, 2.45) is 0 Å². The summed E-state index contributed by atoms with van der Waals surface area (Å²) < 4.78 is 27.7. The van der Waals surface area contributed by atoms with Crippen LogP contribution in [0.3, 0.4) is 0 Å². The van der Waals surface area contributed by atoms with Crippen molar-refractivity contribution in [1.29, 1.82) is 0 Å². The first-order valence-electron chi connectivity index (χ1n) is 5.62. The van der Waals surface area contributed by atoms with Crippen LogP contribution < -0.4 is 10.1 Å². The van der Waals surface area contributed by atoms with E-state index in [1.54, 1.807) is 0 Å². The van der Waals surface area contributed by atoms with Gasteiger partial charge in [0.05, 0.1) is 25.1 Å². The Balaban J connectivity index is 2.28. The van der Waals surface area contributed by atoms with Gasteiger partial charge in [0, 0.05) is 22.4 Å². The quantitative estimate of drug-likeness (QED) is 0.858. The van der Waals surface area contributed by atoms with Crippen molar-refractivity contribution in [3.05, 3.63) is 42.2 Å². The van der Waals surface area contributed by atoms with E-state index >= 15 is 0 Å². The molecule has 0 unspecified atom stereocenters. The number of methoxy groups -OCH3 is 1. The maximum absolute atomic E-state index is 11.9. The van der Waals surface area contributed by atoms with E-state index in [1.165, 1.54) is 43.8 Å². The largest absolute Gasteiger partial charge is 0.495 e. The molecule has 1 N–H and O–H groups in total. The molecular formula is C12H10ClN3O4S. The summed E-state index contributed by atoms with van der Waals surface area (Å²) in [4.78, 5) is 11.8. The fourth-order valence-electron chi connectivity index (χ4n) is 1.58. The van der Waals surface area contributed by atoms with Crippen molar-refractivity contribution < 1.29 is 17.9 Å². The summed E-state index contributed by atoms with van der Waals surface area (Å²) in [6, 6.07) is 5.52. The minimum Gasteiger partial charge on any atom is -0.495 e. The molecule has 21 heavy (non-hydrogen) atoms. The first-order chi connectivity index (χ1) is 9.91. The Kier molecular flexibility index (Phi) is 4.39. The summed E-state index contributed by atoms with van der Waals surface area (Å²) in [6.45, 7) is 0. The fraction of sp³-hybridized carbons (Fsp3) is 0.0833. The zero-order valence-corrected chi connectivity index (χ0v) is 12.4. The van der Waals surface area contributed by atoms with Crippen LogP contribution >= 0.6 is 10.7 Å². The maximum atomic E-state index is 11.9. The van der Waals surface area contributed by atoms with Gasteiger partial charge < -0.3 is 10.1 Å². The summed E-state index contributed by atoms with van der Waals surface area (Å²) in [5.41, 5.74) is 0.677. The summed E-state index contributed by atoms with van der Waals surface area (Å²) in [7, 11) is 2.66. The van der Waals surface area contributed by atoms with Gasteiger partial charge in [0.2, 0.25) is 0 Å². The number of anilines is 1. The highest BCUT2D eigenvalue weighted by atomic mass is 35.7. The Hall–Kier alpha value is -2.19. The highest BCUT2D eigenvalue weighted by Gasteiger charge is 2.17. The lowest BCUT2D eigenvalue weighted by Crippen LogP contribution is -2.12. The predicted octanol–water partition coefficient (Wildman–Crippen LogP) is 1.66. The third-order valence-electron chi connectivity index (χ3n) is 2.53. The van der Waals surface area contributed by atoms with Gasteiger partial charge in [-0.05, 0) is 18.2 Å². The fourth-order valence-corrected chi connectivity index (χ4v) is 2.57. The van der Waals surface area contributed by atoms with Crippen LogP contribution in [0.2, 0.25) is 0 Å². The lowest BCUT2D eigenvalue weighted by molar-refractivity contribution is 0.102. The van der Waals surface area contributed by atoms with Crippen LogP contribution in [0.4, 0.5) is 5.69 Å². The predicted molar refractivity (Wildman–Crippen MR) is 76.0 cm³/mol. The Morgan fingerprint density at radius 2 is 2.05 bits per heavy atom. The maximum Gasteiger partial charge on any atom is 0.264 e. The second-order valence-electron chi connectivity index (χ2n) is 3.89. The number of hydrogen-bond acceptors (Lipinski definition) is 6. The molecule has 0 bridgehead atoms. The molecular weight excluding hydrogens is 318 g/mol. The lowest BCUT2D eigenvalue weighted by atomic mass is 10.2. The number of hydrogen-bond donors (Lipinski definition) is 1. The first-order valence-corrected chi connectivity index (χ1v) is 7.93. The molecule has 0 radical (unpaired) electrons. The molecule has 1 aromatic carbocycles. The van der Waals surface area contributed by atoms with Crippen molar-refractivity contribution in [2.45, 2.75) is 4.90 Å². The van der Waals surface area contributed by atoms with E-state index in [1.807, 2.05) is 0 Å². The van der Waals surface area contributed by atoms with Gasteiger partial charge in [-0.15, -0.1) is 0 Å². The average Bonchev–Trinajstić information content (AvgIpc) is 2.46. The Bertz CT molecular complexity index is 765. The molecule has 0 spiro atoms. The highest BCUT2D eigenvalue weighted by molar-refractivity contribution is 8.13. The number of carbonyl (C=O) groups is 1. The number of nitrogens with one attached hydrogen (secondary N) is 1. The second kappa shape index (κ2) is 6.06. The number of nitrogens with zero attached hydrogens (tertiary/aromatic N) is 2. The van der Waals surface area contributed by atoms with E-state index in [4.69, 9.17) is 15.4 Å². The molecule has 1 aromatic heterocycles. The molecule has 2 aromatic rings. The van der Waals surface area contributed by atoms with Crippen LogP contribution in [0, 0.1) is 0 Å². The zero-order chi connectivity index (χ0) is 15.5. The molecule has 0 aliphatic rings. The van der Waals surface area contributed by atoms with Crippen molar-refractivity contribution in [3.63, 3.8) is 0 Å². The Morgan fingerprint density at radius 3 is 2.62 bits per heavy atom. The Labute approximate surface area is 125 Å². The molecule has 0 atom stereocenters. The number of aromatic nitrogens is 2. The number of benzene rings is 1. The van der Waals surface area contributed by atoms with Crippen molar-refractivity contribution in [2.75, 3.05) is 12.4 Å². The van der Waals surface area contributed by atoms with E-state index < -0.39 is 15.0 Å². The lowest BCUT2D eigenvalue weighted by Gasteiger charge is -2.09. The van der Waals surface area contributed by atoms with Crippen LogP contribution in [0.5, 0.6) is 5.75 Å². The molecule has 0 fully saturated rings. The van der Waals surface area contributed by atoms with Crippen LogP contribution in [-0.4, -0.2) is 31.6 Å². The molecule has 0 saturated carbocycles. The topological polar surface area (TPSA) is 98.2 Å². The summed E-state index contributed by atoms with van der Waals surface area (Å²) in [5, 5.41) is 9.75. The average molecular weight is 328 g/mol. The number of amides is 1. The molecule has 0 aliphatic carbocycles. The zero-order valence-electron chi connectivity index (χ0n) is 10.8.